The van der Waals surface area contributed by atoms with E-state index >= 15 is 0 Å². The summed E-state index contributed by atoms with van der Waals surface area (Å²) in [7, 11) is 0. The molecule has 13 heavy (non-hydrogen) atoms. The van der Waals surface area contributed by atoms with Crippen molar-refractivity contribution in [3.63, 3.8) is 0 Å². The van der Waals surface area contributed by atoms with Crippen molar-refractivity contribution in [1.82, 2.24) is 0 Å². The van der Waals surface area contributed by atoms with Crippen molar-refractivity contribution in [2.24, 2.45) is 0 Å². The third kappa shape index (κ3) is 2.79. The lowest BCUT2D eigenvalue weighted by molar-refractivity contribution is -0.0886. The Labute approximate surface area is 78.7 Å². The third-order valence-corrected chi connectivity index (χ3v) is 1.80. The van der Waals surface area contributed by atoms with Crippen LogP contribution in [0.4, 0.5) is 13.2 Å². The first-order valence-electron chi connectivity index (χ1n) is 3.56. The maximum absolute atomic E-state index is 12.3. The number of rotatable bonds is 0. The summed E-state index contributed by atoms with van der Waals surface area (Å²) in [5.41, 5.74) is 1.76. The fraction of sp³-hybridized carbons (Fsp3) is 0.222. The molecule has 4 heteroatoms. The number of halogens is 4. The Hall–Kier alpha value is -0.920. The summed E-state index contributed by atoms with van der Waals surface area (Å²) < 4.78 is 36.8. The van der Waals surface area contributed by atoms with E-state index in [2.05, 4.69) is 5.73 Å². The molecule has 1 aliphatic carbocycles. The van der Waals surface area contributed by atoms with Gasteiger partial charge in [-0.25, -0.2) is 0 Å². The molecule has 0 nitrogen and oxygen atoms in total. The van der Waals surface area contributed by atoms with Gasteiger partial charge in [0, 0.05) is 5.03 Å². The molecule has 0 N–H and O–H groups in total. The molecule has 0 atom stereocenters. The SMILES string of the molecule is FC(F)(F)C1=C/C=C=CC/C=C\1Cl. The Balaban J connectivity index is 3.10. The Morgan fingerprint density at radius 1 is 1.38 bits per heavy atom. The third-order valence-electron chi connectivity index (χ3n) is 1.44. The maximum atomic E-state index is 12.3. The summed E-state index contributed by atoms with van der Waals surface area (Å²) in [5, 5.41) is -0.262. The molecule has 0 aromatic carbocycles. The average Bonchev–Trinajstić information content (AvgIpc) is 1.94. The van der Waals surface area contributed by atoms with Crippen LogP contribution < -0.4 is 0 Å². The molecule has 0 bridgehead atoms. The van der Waals surface area contributed by atoms with Gasteiger partial charge in [0.1, 0.15) is 0 Å². The summed E-state index contributed by atoms with van der Waals surface area (Å²) >= 11 is 5.45. The molecule has 0 radical (unpaired) electrons. The standard InChI is InChI=1S/C9H6ClF3/c10-8-6-4-2-1-3-5-7(8)9(11,12)13/h2-3,5-6H,4H2/b7-5+,8-6+. The molecule has 0 saturated heterocycles. The summed E-state index contributed by atoms with van der Waals surface area (Å²) in [6.07, 6.45) is 0.992. The van der Waals surface area contributed by atoms with Gasteiger partial charge in [-0.1, -0.05) is 17.7 Å². The molecule has 0 aliphatic heterocycles. The van der Waals surface area contributed by atoms with Gasteiger partial charge in [-0.15, -0.1) is 5.73 Å². The Kier molecular flexibility index (Phi) is 3.02. The van der Waals surface area contributed by atoms with Gasteiger partial charge in [0.05, 0.1) is 5.57 Å². The van der Waals surface area contributed by atoms with Gasteiger partial charge in [0.2, 0.25) is 0 Å². The number of hydrogen-bond acceptors (Lipinski definition) is 0. The van der Waals surface area contributed by atoms with E-state index in [9.17, 15) is 13.2 Å². The van der Waals surface area contributed by atoms with Crippen molar-refractivity contribution >= 4 is 11.6 Å². The van der Waals surface area contributed by atoms with Crippen LogP contribution in [0.5, 0.6) is 0 Å². The second kappa shape index (κ2) is 3.86. The predicted molar refractivity (Wildman–Crippen MR) is 45.3 cm³/mol. The largest absolute Gasteiger partial charge is 0.417 e. The smallest absolute Gasteiger partial charge is 0.166 e. The first-order valence-corrected chi connectivity index (χ1v) is 3.94. The molecular formula is C9H6ClF3. The molecule has 0 amide bonds. The molecule has 0 fully saturated rings. The van der Waals surface area contributed by atoms with Crippen LogP contribution in [0.3, 0.4) is 0 Å². The zero-order valence-corrected chi connectivity index (χ0v) is 7.28. The highest BCUT2D eigenvalue weighted by Crippen LogP contribution is 2.33. The lowest BCUT2D eigenvalue weighted by atomic mass is 10.1. The average molecular weight is 207 g/mol. The minimum Gasteiger partial charge on any atom is -0.166 e. The molecule has 0 spiro atoms. The van der Waals surface area contributed by atoms with E-state index in [1.807, 2.05) is 0 Å². The van der Waals surface area contributed by atoms with Crippen LogP contribution in [0, 0.1) is 0 Å². The molecular weight excluding hydrogens is 201 g/mol. The maximum Gasteiger partial charge on any atom is 0.417 e. The Morgan fingerprint density at radius 2 is 2.08 bits per heavy atom. The van der Waals surface area contributed by atoms with E-state index < -0.39 is 11.7 Å². The van der Waals surface area contributed by atoms with E-state index in [1.54, 1.807) is 6.08 Å². The predicted octanol–water partition coefficient (Wildman–Crippen LogP) is 3.71. The van der Waals surface area contributed by atoms with Gasteiger partial charge < -0.3 is 0 Å². The lowest BCUT2D eigenvalue weighted by Gasteiger charge is -2.10. The highest BCUT2D eigenvalue weighted by Gasteiger charge is 2.34. The molecule has 0 heterocycles. The zero-order valence-electron chi connectivity index (χ0n) is 6.53. The minimum absolute atomic E-state index is 0.262. The van der Waals surface area contributed by atoms with Gasteiger partial charge in [-0.05, 0) is 24.6 Å². The van der Waals surface area contributed by atoms with Crippen molar-refractivity contribution in [2.45, 2.75) is 12.6 Å². The van der Waals surface area contributed by atoms with Crippen LogP contribution in [0.1, 0.15) is 6.42 Å². The summed E-state index contributed by atoms with van der Waals surface area (Å²) in [6.45, 7) is 0. The van der Waals surface area contributed by atoms with Gasteiger partial charge in [0.25, 0.3) is 0 Å². The van der Waals surface area contributed by atoms with Crippen LogP contribution in [0.25, 0.3) is 0 Å². The second-order valence-electron chi connectivity index (χ2n) is 2.40. The van der Waals surface area contributed by atoms with Gasteiger partial charge in [-0.3, -0.25) is 0 Å². The monoisotopic (exact) mass is 206 g/mol. The number of hydrogen-bond donors (Lipinski definition) is 0. The van der Waals surface area contributed by atoms with E-state index in [1.165, 1.54) is 12.2 Å². The van der Waals surface area contributed by atoms with Crippen molar-refractivity contribution in [2.75, 3.05) is 0 Å². The molecule has 1 aliphatic rings. The molecule has 0 aromatic heterocycles. The zero-order chi connectivity index (χ0) is 9.90. The van der Waals surface area contributed by atoms with Crippen LogP contribution in [-0.2, 0) is 0 Å². The first-order chi connectivity index (χ1) is 6.02. The van der Waals surface area contributed by atoms with Crippen molar-refractivity contribution in [3.05, 3.63) is 40.6 Å². The quantitative estimate of drug-likeness (QED) is 0.530. The fourth-order valence-corrected chi connectivity index (χ4v) is 1.11. The van der Waals surface area contributed by atoms with Crippen molar-refractivity contribution < 1.29 is 13.2 Å². The fourth-order valence-electron chi connectivity index (χ4n) is 0.849. The second-order valence-corrected chi connectivity index (χ2v) is 2.81. The van der Waals surface area contributed by atoms with E-state index in [0.717, 1.165) is 6.08 Å². The lowest BCUT2D eigenvalue weighted by Crippen LogP contribution is -2.12. The summed E-state index contributed by atoms with van der Waals surface area (Å²) in [4.78, 5) is 0. The van der Waals surface area contributed by atoms with Crippen molar-refractivity contribution in [3.8, 4) is 0 Å². The summed E-state index contributed by atoms with van der Waals surface area (Å²) in [5.74, 6) is 0. The normalized spacial score (nSPS) is 25.5. The first kappa shape index (κ1) is 10.2. The molecule has 0 saturated carbocycles. The Bertz CT molecular complexity index is 314. The van der Waals surface area contributed by atoms with E-state index in [0.29, 0.717) is 6.42 Å². The highest BCUT2D eigenvalue weighted by atomic mass is 35.5. The number of alkyl halides is 3. The highest BCUT2D eigenvalue weighted by molar-refractivity contribution is 6.32. The topological polar surface area (TPSA) is 0 Å². The minimum atomic E-state index is -4.40. The molecule has 0 aromatic rings. The van der Waals surface area contributed by atoms with Gasteiger partial charge in [-0.2, -0.15) is 13.2 Å². The van der Waals surface area contributed by atoms with Crippen LogP contribution in [0.2, 0.25) is 0 Å². The molecule has 1 rings (SSSR count). The Morgan fingerprint density at radius 3 is 2.69 bits per heavy atom. The van der Waals surface area contributed by atoms with E-state index in [4.69, 9.17) is 11.6 Å². The van der Waals surface area contributed by atoms with Crippen LogP contribution in [0.15, 0.2) is 40.6 Å². The van der Waals surface area contributed by atoms with Crippen LogP contribution >= 0.6 is 11.6 Å². The molecule has 70 valence electrons. The van der Waals surface area contributed by atoms with E-state index in [-0.39, 0.29) is 5.03 Å². The molecule has 0 unspecified atom stereocenters. The summed E-state index contributed by atoms with van der Waals surface area (Å²) in [6, 6.07) is 0. The van der Waals surface area contributed by atoms with Gasteiger partial charge >= 0.3 is 6.18 Å². The van der Waals surface area contributed by atoms with Crippen LogP contribution in [-0.4, -0.2) is 6.18 Å². The van der Waals surface area contributed by atoms with Gasteiger partial charge in [0.15, 0.2) is 0 Å². The number of allylic oxidation sites excluding steroid dienone is 5. The van der Waals surface area contributed by atoms with Crippen molar-refractivity contribution in [1.29, 1.82) is 0 Å².